The minimum absolute atomic E-state index is 0.216. The van der Waals surface area contributed by atoms with Gasteiger partial charge in [-0.2, -0.15) is 0 Å². The minimum atomic E-state index is -0.367. The fraction of sp³-hybridized carbons (Fsp3) is 0.0800. The van der Waals surface area contributed by atoms with Crippen molar-refractivity contribution >= 4 is 35.0 Å². The zero-order chi connectivity index (χ0) is 22.0. The van der Waals surface area contributed by atoms with Crippen LogP contribution in [-0.4, -0.2) is 20.1 Å². The first-order valence-electron chi connectivity index (χ1n) is 9.51. The van der Waals surface area contributed by atoms with Crippen LogP contribution in [0.5, 0.6) is 11.5 Å². The lowest BCUT2D eigenvalue weighted by Crippen LogP contribution is -2.24. The van der Waals surface area contributed by atoms with Crippen molar-refractivity contribution in [2.45, 2.75) is 0 Å². The van der Waals surface area contributed by atoms with Crippen molar-refractivity contribution < 1.29 is 18.7 Å². The fourth-order valence-corrected chi connectivity index (χ4v) is 3.54. The summed E-state index contributed by atoms with van der Waals surface area (Å²) in [6, 6.07) is 18.5. The SMILES string of the molecule is COc1ccc(/C=C2\C=C(c3ccc(Cl)cc3)N(c3ccc(F)cc3)C2=O)cc1OC. The van der Waals surface area contributed by atoms with Crippen LogP contribution in [0.4, 0.5) is 10.1 Å². The lowest BCUT2D eigenvalue weighted by Gasteiger charge is -2.21. The number of nitrogens with zero attached hydrogens (tertiary/aromatic N) is 1. The number of ether oxygens (including phenoxy) is 2. The highest BCUT2D eigenvalue weighted by Gasteiger charge is 2.30. The minimum Gasteiger partial charge on any atom is -0.493 e. The highest BCUT2D eigenvalue weighted by molar-refractivity contribution is 6.30. The smallest absolute Gasteiger partial charge is 0.262 e. The van der Waals surface area contributed by atoms with E-state index in [1.54, 1.807) is 61.6 Å². The molecule has 0 aliphatic carbocycles. The number of carbonyl (C=O) groups is 1. The van der Waals surface area contributed by atoms with Crippen LogP contribution in [0, 0.1) is 5.82 Å². The maximum absolute atomic E-state index is 13.5. The normalized spacial score (nSPS) is 14.7. The quantitative estimate of drug-likeness (QED) is 0.463. The molecule has 0 aromatic heterocycles. The molecule has 0 unspecified atom stereocenters. The van der Waals surface area contributed by atoms with Crippen LogP contribution >= 0.6 is 11.6 Å². The molecule has 0 radical (unpaired) electrons. The molecule has 1 amide bonds. The summed E-state index contributed by atoms with van der Waals surface area (Å²) in [5.41, 5.74) is 3.34. The maximum atomic E-state index is 13.5. The summed E-state index contributed by atoms with van der Waals surface area (Å²) in [4.78, 5) is 14.9. The second-order valence-electron chi connectivity index (χ2n) is 6.87. The predicted octanol–water partition coefficient (Wildman–Crippen LogP) is 5.97. The van der Waals surface area contributed by atoms with Crippen molar-refractivity contribution in [2.24, 2.45) is 0 Å². The van der Waals surface area contributed by atoms with Crippen LogP contribution in [0.3, 0.4) is 0 Å². The van der Waals surface area contributed by atoms with Crippen molar-refractivity contribution in [1.29, 1.82) is 0 Å². The topological polar surface area (TPSA) is 38.8 Å². The Bertz CT molecular complexity index is 1180. The second kappa shape index (κ2) is 8.66. The number of carbonyl (C=O) groups excluding carboxylic acids is 1. The molecule has 0 fully saturated rings. The largest absolute Gasteiger partial charge is 0.493 e. The van der Waals surface area contributed by atoms with Crippen LogP contribution in [0.2, 0.25) is 5.02 Å². The average molecular weight is 436 g/mol. The van der Waals surface area contributed by atoms with Gasteiger partial charge in [0, 0.05) is 16.3 Å². The molecule has 1 aliphatic rings. The molecule has 0 atom stereocenters. The molecule has 3 aromatic rings. The zero-order valence-electron chi connectivity index (χ0n) is 16.9. The highest BCUT2D eigenvalue weighted by atomic mass is 35.5. The maximum Gasteiger partial charge on any atom is 0.262 e. The number of halogens is 2. The molecule has 0 bridgehead atoms. The van der Waals surface area contributed by atoms with Gasteiger partial charge in [-0.3, -0.25) is 9.69 Å². The van der Waals surface area contributed by atoms with E-state index < -0.39 is 0 Å². The summed E-state index contributed by atoms with van der Waals surface area (Å²) in [5.74, 6) is 0.590. The van der Waals surface area contributed by atoms with Gasteiger partial charge in [0.2, 0.25) is 0 Å². The zero-order valence-corrected chi connectivity index (χ0v) is 17.7. The van der Waals surface area contributed by atoms with Crippen molar-refractivity contribution in [3.63, 3.8) is 0 Å². The molecule has 156 valence electrons. The number of rotatable bonds is 5. The lowest BCUT2D eigenvalue weighted by molar-refractivity contribution is -0.113. The van der Waals surface area contributed by atoms with Gasteiger partial charge >= 0.3 is 0 Å². The molecule has 0 spiro atoms. The number of anilines is 1. The van der Waals surface area contributed by atoms with E-state index in [9.17, 15) is 9.18 Å². The van der Waals surface area contributed by atoms with E-state index in [-0.39, 0.29) is 11.7 Å². The van der Waals surface area contributed by atoms with Crippen molar-refractivity contribution in [2.75, 3.05) is 19.1 Å². The molecular weight excluding hydrogens is 417 g/mol. The monoisotopic (exact) mass is 435 g/mol. The number of hydrogen-bond donors (Lipinski definition) is 0. The van der Waals surface area contributed by atoms with Crippen molar-refractivity contribution in [1.82, 2.24) is 0 Å². The Morgan fingerprint density at radius 3 is 2.23 bits per heavy atom. The standard InChI is InChI=1S/C25H19ClFNO3/c1-30-23-12-3-16(14-24(23)31-2)13-18-15-22(17-4-6-19(26)7-5-17)28(25(18)29)21-10-8-20(27)9-11-21/h3-15H,1-2H3/b18-13+. The van der Waals surface area contributed by atoms with Gasteiger partial charge in [-0.05, 0) is 71.8 Å². The number of hydrogen-bond acceptors (Lipinski definition) is 3. The molecule has 0 N–H and O–H groups in total. The lowest BCUT2D eigenvalue weighted by atomic mass is 10.1. The average Bonchev–Trinajstić information content (AvgIpc) is 3.10. The van der Waals surface area contributed by atoms with Gasteiger partial charge in [0.15, 0.2) is 11.5 Å². The second-order valence-corrected chi connectivity index (χ2v) is 7.30. The van der Waals surface area contributed by atoms with Crippen molar-refractivity contribution in [3.05, 3.63) is 100 Å². The Morgan fingerprint density at radius 2 is 1.58 bits per heavy atom. The number of methoxy groups -OCH3 is 2. The van der Waals surface area contributed by atoms with E-state index in [1.165, 1.54) is 12.1 Å². The van der Waals surface area contributed by atoms with Gasteiger partial charge in [0.1, 0.15) is 5.82 Å². The van der Waals surface area contributed by atoms with E-state index in [0.717, 1.165) is 11.1 Å². The number of amides is 1. The summed E-state index contributed by atoms with van der Waals surface area (Å²) in [7, 11) is 3.13. The fourth-order valence-electron chi connectivity index (χ4n) is 3.42. The third kappa shape index (κ3) is 4.18. The van der Waals surface area contributed by atoms with Crippen molar-refractivity contribution in [3.8, 4) is 11.5 Å². The summed E-state index contributed by atoms with van der Waals surface area (Å²) < 4.78 is 24.1. The molecule has 4 nitrogen and oxygen atoms in total. The molecule has 4 rings (SSSR count). The first-order chi connectivity index (χ1) is 15.0. The Hall–Kier alpha value is -3.57. The Labute approximate surface area is 184 Å². The van der Waals surface area contributed by atoms with Gasteiger partial charge in [0.25, 0.3) is 5.91 Å². The molecule has 6 heteroatoms. The van der Waals surface area contributed by atoms with Gasteiger partial charge in [-0.1, -0.05) is 29.8 Å². The number of benzene rings is 3. The van der Waals surface area contributed by atoms with Crippen LogP contribution in [-0.2, 0) is 4.79 Å². The first kappa shape index (κ1) is 20.7. The van der Waals surface area contributed by atoms with Crippen LogP contribution in [0.25, 0.3) is 11.8 Å². The van der Waals surface area contributed by atoms with Gasteiger partial charge in [0.05, 0.1) is 19.9 Å². The van der Waals surface area contributed by atoms with E-state index in [1.807, 2.05) is 24.3 Å². The third-order valence-electron chi connectivity index (χ3n) is 4.94. The first-order valence-corrected chi connectivity index (χ1v) is 9.89. The predicted molar refractivity (Wildman–Crippen MR) is 121 cm³/mol. The molecular formula is C25H19ClFNO3. The highest BCUT2D eigenvalue weighted by Crippen LogP contribution is 2.36. The molecule has 0 saturated carbocycles. The van der Waals surface area contributed by atoms with Gasteiger partial charge in [-0.25, -0.2) is 4.39 Å². The van der Waals surface area contributed by atoms with Gasteiger partial charge < -0.3 is 9.47 Å². The van der Waals surface area contributed by atoms with E-state index >= 15 is 0 Å². The van der Waals surface area contributed by atoms with Gasteiger partial charge in [-0.15, -0.1) is 0 Å². The van der Waals surface area contributed by atoms with Crippen LogP contribution < -0.4 is 14.4 Å². The molecule has 0 saturated heterocycles. The van der Waals surface area contributed by atoms with E-state index in [4.69, 9.17) is 21.1 Å². The summed E-state index contributed by atoms with van der Waals surface area (Å²) in [5, 5.41) is 0.600. The Morgan fingerprint density at radius 1 is 0.903 bits per heavy atom. The molecule has 1 aliphatic heterocycles. The molecule has 1 heterocycles. The third-order valence-corrected chi connectivity index (χ3v) is 5.19. The van der Waals surface area contributed by atoms with E-state index in [2.05, 4.69) is 0 Å². The summed E-state index contributed by atoms with van der Waals surface area (Å²) in [6.45, 7) is 0. The van der Waals surface area contributed by atoms with Crippen LogP contribution in [0.15, 0.2) is 78.4 Å². The van der Waals surface area contributed by atoms with E-state index in [0.29, 0.717) is 33.5 Å². The van der Waals surface area contributed by atoms with Crippen LogP contribution in [0.1, 0.15) is 11.1 Å². The summed E-state index contributed by atoms with van der Waals surface area (Å²) in [6.07, 6.45) is 3.59. The summed E-state index contributed by atoms with van der Waals surface area (Å²) >= 11 is 6.03. The molecule has 3 aromatic carbocycles. The Balaban J connectivity index is 1.80. The Kier molecular flexibility index (Phi) is 5.78. The molecule has 31 heavy (non-hydrogen) atoms.